The van der Waals surface area contributed by atoms with Crippen LogP contribution < -0.4 is 4.65 Å². The number of hydrogen-bond donors (Lipinski definition) is 0. The van der Waals surface area contributed by atoms with Gasteiger partial charge in [-0.2, -0.15) is 0 Å². The smallest absolute Gasteiger partial charge is 0.132 e. The number of hydrogen-bond acceptors (Lipinski definition) is 1. The first-order chi connectivity index (χ1) is 8.13. The SMILES string of the molecule is CC[N+](C)([O-])c1ccc(-c2ccccc2)cc1. The summed E-state index contributed by atoms with van der Waals surface area (Å²) in [6, 6.07) is 18.0. The largest absolute Gasteiger partial charge is 0.628 e. The summed E-state index contributed by atoms with van der Waals surface area (Å²) in [5, 5.41) is 12.1. The topological polar surface area (TPSA) is 23.1 Å². The molecule has 0 saturated carbocycles. The van der Waals surface area contributed by atoms with Crippen LogP contribution in [0.5, 0.6) is 0 Å². The highest BCUT2D eigenvalue weighted by atomic mass is 16.5. The number of benzene rings is 2. The predicted molar refractivity (Wildman–Crippen MR) is 73.5 cm³/mol. The van der Waals surface area contributed by atoms with Gasteiger partial charge in [0.1, 0.15) is 5.69 Å². The van der Waals surface area contributed by atoms with Gasteiger partial charge in [0.05, 0.1) is 13.6 Å². The maximum absolute atomic E-state index is 12.1. The molecular formula is C15H17NO. The van der Waals surface area contributed by atoms with Gasteiger partial charge in [-0.25, -0.2) is 0 Å². The van der Waals surface area contributed by atoms with Gasteiger partial charge in [0.2, 0.25) is 0 Å². The van der Waals surface area contributed by atoms with Gasteiger partial charge >= 0.3 is 0 Å². The molecule has 2 aromatic carbocycles. The number of hydroxylamine groups is 2. The molecule has 1 unspecified atom stereocenters. The van der Waals surface area contributed by atoms with Crippen molar-refractivity contribution < 1.29 is 0 Å². The second-order valence-corrected chi connectivity index (χ2v) is 4.33. The third-order valence-corrected chi connectivity index (χ3v) is 3.12. The van der Waals surface area contributed by atoms with Crippen LogP contribution in [-0.4, -0.2) is 13.6 Å². The molecule has 17 heavy (non-hydrogen) atoms. The molecule has 0 amide bonds. The normalized spacial score (nSPS) is 14.3. The molecule has 0 aliphatic heterocycles. The fourth-order valence-electron chi connectivity index (χ4n) is 1.78. The van der Waals surface area contributed by atoms with Crippen LogP contribution in [-0.2, 0) is 0 Å². The highest BCUT2D eigenvalue weighted by Gasteiger charge is 2.10. The summed E-state index contributed by atoms with van der Waals surface area (Å²) in [6.07, 6.45) is 0. The zero-order valence-corrected chi connectivity index (χ0v) is 10.3. The molecule has 88 valence electrons. The van der Waals surface area contributed by atoms with E-state index in [1.807, 2.05) is 49.4 Å². The van der Waals surface area contributed by atoms with Gasteiger partial charge in [0, 0.05) is 12.1 Å². The van der Waals surface area contributed by atoms with Crippen LogP contribution >= 0.6 is 0 Å². The Hall–Kier alpha value is -1.64. The third kappa shape index (κ3) is 2.54. The van der Waals surface area contributed by atoms with E-state index in [0.717, 1.165) is 11.3 Å². The summed E-state index contributed by atoms with van der Waals surface area (Å²) in [6.45, 7) is 2.45. The zero-order chi connectivity index (χ0) is 12.3. The van der Waals surface area contributed by atoms with Gasteiger partial charge in [-0.15, -0.1) is 0 Å². The van der Waals surface area contributed by atoms with Gasteiger partial charge in [-0.3, -0.25) is 0 Å². The summed E-state index contributed by atoms with van der Waals surface area (Å²) >= 11 is 0. The van der Waals surface area contributed by atoms with Crippen molar-refractivity contribution >= 4 is 5.69 Å². The van der Waals surface area contributed by atoms with Crippen molar-refractivity contribution in [2.24, 2.45) is 0 Å². The maximum atomic E-state index is 12.1. The summed E-state index contributed by atoms with van der Waals surface area (Å²) in [7, 11) is 1.68. The number of nitrogens with zero attached hydrogens (tertiary/aromatic N) is 1. The fourth-order valence-corrected chi connectivity index (χ4v) is 1.78. The van der Waals surface area contributed by atoms with Crippen LogP contribution in [0.4, 0.5) is 5.69 Å². The van der Waals surface area contributed by atoms with E-state index in [0.29, 0.717) is 6.54 Å². The van der Waals surface area contributed by atoms with E-state index in [9.17, 15) is 5.21 Å². The molecule has 2 heteroatoms. The lowest BCUT2D eigenvalue weighted by Crippen LogP contribution is -2.37. The Kier molecular flexibility index (Phi) is 3.27. The van der Waals surface area contributed by atoms with Gasteiger partial charge in [-0.1, -0.05) is 30.3 Å². The molecular weight excluding hydrogens is 210 g/mol. The zero-order valence-electron chi connectivity index (χ0n) is 10.3. The van der Waals surface area contributed by atoms with Crippen molar-refractivity contribution in [2.45, 2.75) is 6.92 Å². The summed E-state index contributed by atoms with van der Waals surface area (Å²) in [5.41, 5.74) is 3.12. The molecule has 0 heterocycles. The van der Waals surface area contributed by atoms with Gasteiger partial charge in [0.25, 0.3) is 0 Å². The lowest BCUT2D eigenvalue weighted by molar-refractivity contribution is 0.470. The van der Waals surface area contributed by atoms with E-state index in [1.165, 1.54) is 5.56 Å². The van der Waals surface area contributed by atoms with E-state index < -0.39 is 0 Å². The monoisotopic (exact) mass is 227 g/mol. The van der Waals surface area contributed by atoms with E-state index in [2.05, 4.69) is 12.1 Å². The molecule has 0 aromatic heterocycles. The summed E-state index contributed by atoms with van der Waals surface area (Å²) in [5.74, 6) is 0. The Morgan fingerprint density at radius 2 is 1.41 bits per heavy atom. The van der Waals surface area contributed by atoms with Crippen molar-refractivity contribution in [3.05, 3.63) is 59.8 Å². The van der Waals surface area contributed by atoms with Crippen LogP contribution in [0.2, 0.25) is 0 Å². The van der Waals surface area contributed by atoms with Crippen LogP contribution in [0.3, 0.4) is 0 Å². The molecule has 0 N–H and O–H groups in total. The second kappa shape index (κ2) is 4.70. The van der Waals surface area contributed by atoms with Crippen molar-refractivity contribution in [1.82, 2.24) is 4.65 Å². The lowest BCUT2D eigenvalue weighted by atomic mass is 10.1. The third-order valence-electron chi connectivity index (χ3n) is 3.12. The fraction of sp³-hybridized carbons (Fsp3) is 0.200. The molecule has 2 rings (SSSR count). The lowest BCUT2D eigenvalue weighted by Gasteiger charge is -2.36. The van der Waals surface area contributed by atoms with E-state index in [4.69, 9.17) is 0 Å². The first-order valence-electron chi connectivity index (χ1n) is 5.86. The number of quaternary nitrogens is 1. The van der Waals surface area contributed by atoms with Gasteiger partial charge in [-0.05, 0) is 30.2 Å². The quantitative estimate of drug-likeness (QED) is 0.577. The minimum atomic E-state index is -0.324. The minimum Gasteiger partial charge on any atom is -0.628 e. The average molecular weight is 227 g/mol. The van der Waals surface area contributed by atoms with Crippen molar-refractivity contribution in [1.29, 1.82) is 0 Å². The van der Waals surface area contributed by atoms with Crippen LogP contribution in [0, 0.1) is 5.21 Å². The summed E-state index contributed by atoms with van der Waals surface area (Å²) in [4.78, 5) is 0. The Balaban J connectivity index is 2.31. The minimum absolute atomic E-state index is 0.324. The van der Waals surface area contributed by atoms with Crippen LogP contribution in [0.25, 0.3) is 11.1 Å². The highest BCUT2D eigenvalue weighted by Crippen LogP contribution is 2.25. The highest BCUT2D eigenvalue weighted by molar-refractivity contribution is 5.65. The molecule has 0 fully saturated rings. The predicted octanol–water partition coefficient (Wildman–Crippen LogP) is 3.81. The van der Waals surface area contributed by atoms with Crippen LogP contribution in [0.1, 0.15) is 6.92 Å². The van der Waals surface area contributed by atoms with Crippen molar-refractivity contribution in [3.63, 3.8) is 0 Å². The van der Waals surface area contributed by atoms with Gasteiger partial charge in [0.15, 0.2) is 0 Å². The van der Waals surface area contributed by atoms with E-state index in [-0.39, 0.29) is 4.65 Å². The number of rotatable bonds is 3. The first-order valence-corrected chi connectivity index (χ1v) is 5.86. The average Bonchev–Trinajstić information content (AvgIpc) is 2.40. The standard InChI is InChI=1S/C15H17NO/c1-3-16(2,17)15-11-9-14(10-12-15)13-7-5-4-6-8-13/h4-12H,3H2,1-2H3. The molecule has 0 aliphatic rings. The molecule has 1 atom stereocenters. The van der Waals surface area contributed by atoms with Crippen molar-refractivity contribution in [2.75, 3.05) is 13.6 Å². The Labute approximate surface area is 102 Å². The molecule has 0 saturated heterocycles. The Morgan fingerprint density at radius 1 is 0.882 bits per heavy atom. The molecule has 0 bridgehead atoms. The van der Waals surface area contributed by atoms with E-state index in [1.54, 1.807) is 7.05 Å². The molecule has 0 spiro atoms. The molecule has 0 aliphatic carbocycles. The molecule has 0 radical (unpaired) electrons. The van der Waals surface area contributed by atoms with Crippen molar-refractivity contribution in [3.8, 4) is 11.1 Å². The molecule has 2 aromatic rings. The Morgan fingerprint density at radius 3 is 1.94 bits per heavy atom. The Bertz CT molecular complexity index is 474. The summed E-state index contributed by atoms with van der Waals surface area (Å²) < 4.78 is -0.324. The maximum Gasteiger partial charge on any atom is 0.132 e. The van der Waals surface area contributed by atoms with Crippen LogP contribution in [0.15, 0.2) is 54.6 Å². The second-order valence-electron chi connectivity index (χ2n) is 4.33. The first kappa shape index (κ1) is 11.8. The van der Waals surface area contributed by atoms with Gasteiger partial charge < -0.3 is 9.85 Å². The van der Waals surface area contributed by atoms with E-state index >= 15 is 0 Å². The molecule has 2 nitrogen and oxygen atoms in total.